The van der Waals surface area contributed by atoms with Crippen LogP contribution in [0.2, 0.25) is 0 Å². The number of aryl methyl sites for hydroxylation is 1. The van der Waals surface area contributed by atoms with E-state index in [4.69, 9.17) is 0 Å². The van der Waals surface area contributed by atoms with Gasteiger partial charge in [-0.1, -0.05) is 60.4 Å². The molecule has 0 radical (unpaired) electrons. The van der Waals surface area contributed by atoms with E-state index < -0.39 is 17.4 Å². The maximum absolute atomic E-state index is 12.9. The molecule has 0 spiro atoms. The maximum Gasteiger partial charge on any atom is 0.352 e. The number of carbonyl (C=O) groups excluding carboxylic acids is 2. The van der Waals surface area contributed by atoms with Gasteiger partial charge in [0.1, 0.15) is 22.1 Å². The molecular formula is C21H22N4O4S3. The summed E-state index contributed by atoms with van der Waals surface area (Å²) >= 11 is 4.34. The number of nitrogens with zero attached hydrogens (tertiary/aromatic N) is 3. The number of aliphatic carboxylic acids is 1. The molecule has 2 aliphatic heterocycles. The Labute approximate surface area is 197 Å². The van der Waals surface area contributed by atoms with Crippen molar-refractivity contribution in [2.75, 3.05) is 11.5 Å². The largest absolute Gasteiger partial charge is 0.477 e. The molecule has 4 rings (SSSR count). The van der Waals surface area contributed by atoms with E-state index in [1.807, 2.05) is 44.2 Å². The van der Waals surface area contributed by atoms with Gasteiger partial charge in [-0.15, -0.1) is 22.0 Å². The first kappa shape index (κ1) is 22.8. The van der Waals surface area contributed by atoms with E-state index in [9.17, 15) is 19.5 Å². The number of benzene rings is 1. The first-order chi connectivity index (χ1) is 15.4. The number of fused-ring (bicyclic) bond motifs is 1. The second kappa shape index (κ2) is 9.63. The third kappa shape index (κ3) is 4.41. The van der Waals surface area contributed by atoms with Crippen molar-refractivity contribution < 1.29 is 19.5 Å². The molecule has 3 atom stereocenters. The Morgan fingerprint density at radius 2 is 2.06 bits per heavy atom. The van der Waals surface area contributed by atoms with Crippen LogP contribution in [0.15, 0.2) is 45.9 Å². The summed E-state index contributed by atoms with van der Waals surface area (Å²) in [6, 6.07) is 8.72. The zero-order chi connectivity index (χ0) is 22.8. The number of rotatable bonds is 8. The lowest BCUT2D eigenvalue weighted by molar-refractivity contribution is -0.150. The summed E-state index contributed by atoms with van der Waals surface area (Å²) in [6.07, 6.45) is 0.602. The van der Waals surface area contributed by atoms with Crippen LogP contribution in [0, 0.1) is 6.92 Å². The summed E-state index contributed by atoms with van der Waals surface area (Å²) in [5, 5.41) is 21.1. The van der Waals surface area contributed by atoms with E-state index in [1.54, 1.807) is 0 Å². The van der Waals surface area contributed by atoms with Gasteiger partial charge >= 0.3 is 5.97 Å². The monoisotopic (exact) mass is 490 g/mol. The van der Waals surface area contributed by atoms with Crippen molar-refractivity contribution in [3.8, 4) is 0 Å². The lowest BCUT2D eigenvalue weighted by Crippen LogP contribution is -2.70. The second-order valence-corrected chi connectivity index (χ2v) is 10.9. The first-order valence-corrected chi connectivity index (χ1v) is 12.9. The zero-order valence-corrected chi connectivity index (χ0v) is 19.9. The Morgan fingerprint density at radius 3 is 2.69 bits per heavy atom. The Kier molecular flexibility index (Phi) is 6.87. The molecule has 1 fully saturated rings. The lowest BCUT2D eigenvalue weighted by Gasteiger charge is -2.49. The Balaban J connectivity index is 1.47. The fraction of sp³-hybridized carbons (Fsp3) is 0.381. The van der Waals surface area contributed by atoms with E-state index in [2.05, 4.69) is 15.5 Å². The van der Waals surface area contributed by atoms with Crippen LogP contribution in [0.3, 0.4) is 0 Å². The molecule has 0 aliphatic carbocycles. The fourth-order valence-corrected chi connectivity index (χ4v) is 7.09. The molecular weight excluding hydrogens is 468 g/mol. The number of hydrogen-bond donors (Lipinski definition) is 2. The molecule has 2 amide bonds. The van der Waals surface area contributed by atoms with Crippen molar-refractivity contribution in [1.29, 1.82) is 0 Å². The molecule has 2 N–H and O–H groups in total. The molecule has 1 aromatic heterocycles. The third-order valence-electron chi connectivity index (χ3n) is 5.35. The fourth-order valence-electron chi connectivity index (χ4n) is 3.79. The summed E-state index contributed by atoms with van der Waals surface area (Å²) in [4.78, 5) is 39.1. The van der Waals surface area contributed by atoms with Crippen molar-refractivity contribution in [2.24, 2.45) is 0 Å². The van der Waals surface area contributed by atoms with E-state index in [-0.39, 0.29) is 23.4 Å². The molecule has 168 valence electrons. The lowest BCUT2D eigenvalue weighted by atomic mass is 9.94. The number of carboxylic acids is 1. The van der Waals surface area contributed by atoms with E-state index in [0.29, 0.717) is 23.5 Å². The summed E-state index contributed by atoms with van der Waals surface area (Å²) < 4.78 is 0.762. The second-order valence-electron chi connectivity index (χ2n) is 7.40. The van der Waals surface area contributed by atoms with Crippen molar-refractivity contribution in [3.05, 3.63) is 52.2 Å². The molecule has 1 saturated heterocycles. The Hall–Kier alpha value is -2.37. The smallest absolute Gasteiger partial charge is 0.352 e. The predicted molar refractivity (Wildman–Crippen MR) is 125 cm³/mol. The molecule has 3 heterocycles. The summed E-state index contributed by atoms with van der Waals surface area (Å²) in [6.45, 7) is 3.79. The summed E-state index contributed by atoms with van der Waals surface area (Å²) in [5.74, 6) is -1.20. The average Bonchev–Trinajstić information content (AvgIpc) is 3.21. The number of amides is 2. The minimum atomic E-state index is -1.13. The number of aromatic nitrogens is 2. The number of thioether (sulfide) groups is 2. The zero-order valence-electron chi connectivity index (χ0n) is 17.5. The molecule has 2 aromatic rings. The Bertz CT molecular complexity index is 1070. The minimum absolute atomic E-state index is 0.0214. The highest BCUT2D eigenvalue weighted by Gasteiger charge is 2.54. The highest BCUT2D eigenvalue weighted by Crippen LogP contribution is 2.42. The van der Waals surface area contributed by atoms with Crippen molar-refractivity contribution in [1.82, 2.24) is 20.4 Å². The highest BCUT2D eigenvalue weighted by molar-refractivity contribution is 8.01. The van der Waals surface area contributed by atoms with Crippen LogP contribution in [-0.4, -0.2) is 60.9 Å². The summed E-state index contributed by atoms with van der Waals surface area (Å²) in [7, 11) is 0. The van der Waals surface area contributed by atoms with E-state index in [0.717, 1.165) is 14.9 Å². The third-order valence-corrected chi connectivity index (χ3v) is 8.75. The van der Waals surface area contributed by atoms with Gasteiger partial charge in [-0.05, 0) is 24.5 Å². The van der Waals surface area contributed by atoms with Crippen LogP contribution in [-0.2, 0) is 14.4 Å². The minimum Gasteiger partial charge on any atom is -0.477 e. The van der Waals surface area contributed by atoms with Gasteiger partial charge in [0.25, 0.3) is 5.91 Å². The normalized spacial score (nSPS) is 21.1. The van der Waals surface area contributed by atoms with Gasteiger partial charge < -0.3 is 10.4 Å². The number of hydrogen-bond acceptors (Lipinski definition) is 8. The van der Waals surface area contributed by atoms with Crippen molar-refractivity contribution in [3.63, 3.8) is 0 Å². The van der Waals surface area contributed by atoms with Gasteiger partial charge in [0.05, 0.1) is 5.92 Å². The standard InChI is InChI=1S/C21H22N4O4S3/c1-3-14(12-7-5-4-6-8-12)17(26)22-15-18(27)25-16(20(28)29)13(9-30-19(15)25)10-31-21-24-23-11(2)32-21/h4-8,14-15,19H,3,9-10H2,1-2H3,(H,22,26)(H,28,29)/t14-,15+,19-/m1/s1. The van der Waals surface area contributed by atoms with E-state index >= 15 is 0 Å². The molecule has 32 heavy (non-hydrogen) atoms. The molecule has 2 aliphatic rings. The van der Waals surface area contributed by atoms with Gasteiger partial charge in [0.2, 0.25) is 5.91 Å². The van der Waals surface area contributed by atoms with Gasteiger partial charge in [0.15, 0.2) is 4.34 Å². The van der Waals surface area contributed by atoms with Crippen LogP contribution >= 0.6 is 34.9 Å². The SMILES string of the molecule is CC[C@@H](C(=O)N[C@H]1C(=O)N2C(C(=O)O)=C(CSc3nnc(C)s3)CS[C@H]12)c1ccccc1. The molecule has 11 heteroatoms. The molecule has 8 nitrogen and oxygen atoms in total. The average molecular weight is 491 g/mol. The van der Waals surface area contributed by atoms with Gasteiger partial charge in [-0.3, -0.25) is 14.5 Å². The van der Waals surface area contributed by atoms with Crippen molar-refractivity contribution in [2.45, 2.75) is 41.9 Å². The van der Waals surface area contributed by atoms with Crippen LogP contribution < -0.4 is 5.32 Å². The molecule has 0 unspecified atom stereocenters. The van der Waals surface area contributed by atoms with Crippen LogP contribution in [0.4, 0.5) is 0 Å². The van der Waals surface area contributed by atoms with Crippen LogP contribution in [0.25, 0.3) is 0 Å². The number of carbonyl (C=O) groups is 3. The number of nitrogens with one attached hydrogen (secondary N) is 1. The van der Waals surface area contributed by atoms with Crippen molar-refractivity contribution >= 4 is 52.6 Å². The van der Waals surface area contributed by atoms with Gasteiger partial charge in [-0.25, -0.2) is 4.79 Å². The maximum atomic E-state index is 12.9. The Morgan fingerprint density at radius 1 is 1.31 bits per heavy atom. The number of β-lactam (4-membered cyclic amide) rings is 1. The predicted octanol–water partition coefficient (Wildman–Crippen LogP) is 2.87. The van der Waals surface area contributed by atoms with Gasteiger partial charge in [-0.2, -0.15) is 0 Å². The van der Waals surface area contributed by atoms with Crippen LogP contribution in [0.5, 0.6) is 0 Å². The van der Waals surface area contributed by atoms with E-state index in [1.165, 1.54) is 39.8 Å². The summed E-state index contributed by atoms with van der Waals surface area (Å²) in [5.41, 5.74) is 1.59. The first-order valence-electron chi connectivity index (χ1n) is 10.1. The van der Waals surface area contributed by atoms with Crippen LogP contribution in [0.1, 0.15) is 29.8 Å². The van der Waals surface area contributed by atoms with Gasteiger partial charge in [0, 0.05) is 11.5 Å². The number of carboxylic acid groups (broad SMARTS) is 1. The highest BCUT2D eigenvalue weighted by atomic mass is 32.2. The topological polar surface area (TPSA) is 112 Å². The molecule has 0 bridgehead atoms. The molecule has 0 saturated carbocycles. The quantitative estimate of drug-likeness (QED) is 0.429. The molecule has 1 aromatic carbocycles.